The van der Waals surface area contributed by atoms with E-state index in [9.17, 15) is 9.59 Å². The van der Waals surface area contributed by atoms with Gasteiger partial charge >= 0.3 is 0 Å². The number of H-pyrrole nitrogens is 1. The Labute approximate surface area is 224 Å². The van der Waals surface area contributed by atoms with Crippen molar-refractivity contribution in [2.75, 3.05) is 39.4 Å². The van der Waals surface area contributed by atoms with E-state index < -0.39 is 6.04 Å². The highest BCUT2D eigenvalue weighted by Gasteiger charge is 2.35. The summed E-state index contributed by atoms with van der Waals surface area (Å²) in [5.41, 5.74) is 1.04. The van der Waals surface area contributed by atoms with Gasteiger partial charge in [-0.15, -0.1) is 5.10 Å². The largest absolute Gasteiger partial charge is 0.494 e. The molecule has 2 fully saturated rings. The van der Waals surface area contributed by atoms with Gasteiger partial charge in [-0.2, -0.15) is 0 Å². The van der Waals surface area contributed by atoms with E-state index in [1.54, 1.807) is 21.7 Å². The maximum absolute atomic E-state index is 13.5. The number of rotatable bonds is 8. The van der Waals surface area contributed by atoms with Crippen LogP contribution in [0.1, 0.15) is 47.7 Å². The van der Waals surface area contributed by atoms with Crippen LogP contribution in [0.15, 0.2) is 51.9 Å². The number of benzene rings is 1. The number of nitrogens with one attached hydrogen (secondary N) is 1. The SMILES string of the molecule is CCOc1ccc2[nH]c(=O)c([C@H](c3nnnn3C[C@@H]3CCCO3)N3CCN(C(=O)c4ccco4)CC3)cc2c1. The molecule has 0 radical (unpaired) electrons. The number of tetrazole rings is 1. The summed E-state index contributed by atoms with van der Waals surface area (Å²) in [5, 5.41) is 13.5. The second-order valence-electron chi connectivity index (χ2n) is 9.80. The molecular formula is C27H31N7O5. The fourth-order valence-corrected chi connectivity index (χ4v) is 5.42. The number of ether oxygens (including phenoxy) is 2. The lowest BCUT2D eigenvalue weighted by Crippen LogP contribution is -2.50. The van der Waals surface area contributed by atoms with E-state index in [0.29, 0.717) is 56.5 Å². The molecule has 2 saturated heterocycles. The molecule has 39 heavy (non-hydrogen) atoms. The number of nitrogens with zero attached hydrogens (tertiary/aromatic N) is 6. The Balaban J connectivity index is 1.35. The van der Waals surface area contributed by atoms with Crippen molar-refractivity contribution in [3.05, 3.63) is 70.2 Å². The molecule has 2 atom stereocenters. The normalized spacial score (nSPS) is 19.0. The van der Waals surface area contributed by atoms with Gasteiger partial charge in [0.25, 0.3) is 11.5 Å². The summed E-state index contributed by atoms with van der Waals surface area (Å²) < 4.78 is 18.6. The summed E-state index contributed by atoms with van der Waals surface area (Å²) in [4.78, 5) is 33.3. The fraction of sp³-hybridized carbons (Fsp3) is 0.444. The third kappa shape index (κ3) is 5.17. The number of hydrogen-bond donors (Lipinski definition) is 1. The van der Waals surface area contributed by atoms with E-state index >= 15 is 0 Å². The molecule has 4 aromatic rings. The average molecular weight is 534 g/mol. The maximum atomic E-state index is 13.5. The molecular weight excluding hydrogens is 502 g/mol. The highest BCUT2D eigenvalue weighted by atomic mass is 16.5. The molecule has 0 aliphatic carbocycles. The molecule has 2 aliphatic rings. The number of carbonyl (C=O) groups excluding carboxylic acids is 1. The zero-order chi connectivity index (χ0) is 26.8. The average Bonchev–Trinajstić information content (AvgIpc) is 3.74. The first-order valence-corrected chi connectivity index (χ1v) is 13.3. The topological polar surface area (TPSA) is 132 Å². The molecule has 1 amide bonds. The van der Waals surface area contributed by atoms with Crippen LogP contribution in [0, 0.1) is 0 Å². The summed E-state index contributed by atoms with van der Waals surface area (Å²) in [6.45, 7) is 5.72. The van der Waals surface area contributed by atoms with Crippen LogP contribution in [0.25, 0.3) is 10.9 Å². The van der Waals surface area contributed by atoms with Gasteiger partial charge in [0, 0.05) is 49.3 Å². The van der Waals surface area contributed by atoms with Crippen LogP contribution in [-0.2, 0) is 11.3 Å². The summed E-state index contributed by atoms with van der Waals surface area (Å²) in [5.74, 6) is 1.47. The van der Waals surface area contributed by atoms with Gasteiger partial charge in [0.05, 0.1) is 25.5 Å². The monoisotopic (exact) mass is 533 g/mol. The smallest absolute Gasteiger partial charge is 0.289 e. The highest BCUT2D eigenvalue weighted by Crippen LogP contribution is 2.30. The zero-order valence-corrected chi connectivity index (χ0v) is 21.8. The Bertz CT molecular complexity index is 1480. The minimum Gasteiger partial charge on any atom is -0.494 e. The van der Waals surface area contributed by atoms with Crippen LogP contribution < -0.4 is 10.3 Å². The minimum absolute atomic E-state index is 0.0271. The van der Waals surface area contributed by atoms with E-state index in [1.165, 1.54) is 6.26 Å². The number of aromatic amines is 1. The number of fused-ring (bicyclic) bond motifs is 1. The van der Waals surface area contributed by atoms with E-state index in [1.807, 2.05) is 31.2 Å². The second-order valence-corrected chi connectivity index (χ2v) is 9.80. The van der Waals surface area contributed by atoms with Gasteiger partial charge < -0.3 is 23.8 Å². The predicted molar refractivity (Wildman–Crippen MR) is 141 cm³/mol. The van der Waals surface area contributed by atoms with Crippen LogP contribution in [0.5, 0.6) is 5.75 Å². The van der Waals surface area contributed by atoms with E-state index in [0.717, 1.165) is 36.1 Å². The van der Waals surface area contributed by atoms with Crippen molar-refractivity contribution in [3.63, 3.8) is 0 Å². The minimum atomic E-state index is -0.522. The lowest BCUT2D eigenvalue weighted by atomic mass is 10.0. The molecule has 12 heteroatoms. The predicted octanol–water partition coefficient (Wildman–Crippen LogP) is 2.23. The van der Waals surface area contributed by atoms with Crippen molar-refractivity contribution in [1.82, 2.24) is 35.0 Å². The van der Waals surface area contributed by atoms with Crippen LogP contribution in [0.4, 0.5) is 0 Å². The number of amides is 1. The molecule has 2 aliphatic heterocycles. The number of aromatic nitrogens is 5. The maximum Gasteiger partial charge on any atom is 0.289 e. The second kappa shape index (κ2) is 11.0. The Morgan fingerprint density at radius 2 is 2.08 bits per heavy atom. The zero-order valence-electron chi connectivity index (χ0n) is 21.8. The fourth-order valence-electron chi connectivity index (χ4n) is 5.42. The van der Waals surface area contributed by atoms with Gasteiger partial charge in [0.2, 0.25) is 0 Å². The number of hydrogen-bond acceptors (Lipinski definition) is 9. The molecule has 204 valence electrons. The molecule has 0 unspecified atom stereocenters. The Kier molecular flexibility index (Phi) is 7.12. The highest BCUT2D eigenvalue weighted by molar-refractivity contribution is 5.91. The first-order valence-electron chi connectivity index (χ1n) is 13.3. The molecule has 1 aromatic carbocycles. The molecule has 5 heterocycles. The summed E-state index contributed by atoms with van der Waals surface area (Å²) >= 11 is 0. The van der Waals surface area contributed by atoms with Crippen molar-refractivity contribution in [1.29, 1.82) is 0 Å². The quantitative estimate of drug-likeness (QED) is 0.362. The molecule has 1 N–H and O–H groups in total. The van der Waals surface area contributed by atoms with Crippen LogP contribution >= 0.6 is 0 Å². The standard InChI is InChI=1S/C27H31N7O5/c1-2-37-19-7-8-22-18(15-19)16-21(26(35)28-22)24(25-29-30-31-34(25)17-20-5-3-13-38-20)32-9-11-33(12-10-32)27(36)23-6-4-14-39-23/h4,6-8,14-16,20,24H,2-3,5,9-13,17H2,1H3,(H,28,35)/t20-,24+/m0/s1. The summed E-state index contributed by atoms with van der Waals surface area (Å²) in [6, 6.07) is 10.4. The summed E-state index contributed by atoms with van der Waals surface area (Å²) in [7, 11) is 0. The molecule has 6 rings (SSSR count). The van der Waals surface area contributed by atoms with E-state index in [4.69, 9.17) is 13.9 Å². The first-order chi connectivity index (χ1) is 19.1. The van der Waals surface area contributed by atoms with Gasteiger partial charge in [-0.05, 0) is 66.6 Å². The van der Waals surface area contributed by atoms with Gasteiger partial charge in [0.15, 0.2) is 11.6 Å². The van der Waals surface area contributed by atoms with Crippen molar-refractivity contribution < 1.29 is 18.7 Å². The van der Waals surface area contributed by atoms with Gasteiger partial charge in [-0.1, -0.05) is 0 Å². The molecule has 3 aromatic heterocycles. The lowest BCUT2D eigenvalue weighted by molar-refractivity contribution is 0.0550. The third-order valence-electron chi connectivity index (χ3n) is 7.35. The van der Waals surface area contributed by atoms with Crippen molar-refractivity contribution in [2.24, 2.45) is 0 Å². The van der Waals surface area contributed by atoms with Gasteiger partial charge in [-0.25, -0.2) is 4.68 Å². The number of carbonyl (C=O) groups is 1. The molecule has 0 saturated carbocycles. The van der Waals surface area contributed by atoms with Crippen LogP contribution in [-0.4, -0.2) is 86.4 Å². The summed E-state index contributed by atoms with van der Waals surface area (Å²) in [6.07, 6.45) is 3.47. The first kappa shape index (κ1) is 25.3. The number of pyridine rings is 1. The lowest BCUT2D eigenvalue weighted by Gasteiger charge is -2.38. The van der Waals surface area contributed by atoms with Gasteiger partial charge in [-0.3, -0.25) is 14.5 Å². The number of furan rings is 1. The molecule has 12 nitrogen and oxygen atoms in total. The third-order valence-corrected chi connectivity index (χ3v) is 7.35. The number of piperazine rings is 1. The Morgan fingerprint density at radius 3 is 2.82 bits per heavy atom. The van der Waals surface area contributed by atoms with Crippen LogP contribution in [0.3, 0.4) is 0 Å². The Hall–Kier alpha value is -4.03. The van der Waals surface area contributed by atoms with Crippen molar-refractivity contribution in [2.45, 2.75) is 38.5 Å². The van der Waals surface area contributed by atoms with E-state index in [-0.39, 0.29) is 17.6 Å². The van der Waals surface area contributed by atoms with E-state index in [2.05, 4.69) is 25.4 Å². The van der Waals surface area contributed by atoms with Crippen LogP contribution in [0.2, 0.25) is 0 Å². The van der Waals surface area contributed by atoms with Crippen molar-refractivity contribution >= 4 is 16.8 Å². The molecule has 0 bridgehead atoms. The Morgan fingerprint density at radius 1 is 1.21 bits per heavy atom. The molecule has 0 spiro atoms. The van der Waals surface area contributed by atoms with Crippen molar-refractivity contribution in [3.8, 4) is 5.75 Å². The van der Waals surface area contributed by atoms with Gasteiger partial charge in [0.1, 0.15) is 11.8 Å².